The largest absolute Gasteiger partial charge is 0.394 e. The van der Waals surface area contributed by atoms with Crippen LogP contribution in [0.3, 0.4) is 0 Å². The Kier molecular flexibility index (Phi) is 64.1. The molecule has 0 aliphatic carbocycles. The second-order valence-electron chi connectivity index (χ2n) is 23.6. The van der Waals surface area contributed by atoms with Crippen LogP contribution in [0.4, 0.5) is 0 Å². The van der Waals surface area contributed by atoms with Crippen molar-refractivity contribution in [3.63, 3.8) is 0 Å². The smallest absolute Gasteiger partial charge is 0.220 e. The van der Waals surface area contributed by atoms with Gasteiger partial charge in [-0.25, -0.2) is 0 Å². The molecule has 4 nitrogen and oxygen atoms in total. The van der Waals surface area contributed by atoms with Gasteiger partial charge in [0.15, 0.2) is 0 Å². The molecule has 0 aromatic rings. The van der Waals surface area contributed by atoms with Crippen molar-refractivity contribution in [1.82, 2.24) is 5.32 Å². The van der Waals surface area contributed by atoms with Crippen LogP contribution in [0.5, 0.6) is 0 Å². The van der Waals surface area contributed by atoms with Crippen molar-refractivity contribution in [2.75, 3.05) is 6.61 Å². The molecule has 0 radical (unpaired) electrons. The highest BCUT2D eigenvalue weighted by atomic mass is 16.3. The molecule has 1 amide bonds. The lowest BCUT2D eigenvalue weighted by Crippen LogP contribution is -2.45. The second-order valence-corrected chi connectivity index (χ2v) is 23.6. The average Bonchev–Trinajstić information content (AvgIpc) is 3.40. The molecule has 0 fully saturated rings. The summed E-state index contributed by atoms with van der Waals surface area (Å²) in [7, 11) is 0. The number of carbonyl (C=O) groups is 1. The Bertz CT molecular complexity index is 1070. The van der Waals surface area contributed by atoms with E-state index in [1.165, 1.54) is 334 Å². The van der Waals surface area contributed by atoms with E-state index in [1.807, 2.05) is 0 Å². The van der Waals surface area contributed by atoms with Gasteiger partial charge in [-0.2, -0.15) is 0 Å². The molecule has 0 aliphatic rings. The summed E-state index contributed by atoms with van der Waals surface area (Å²) in [5.74, 6) is -0.0215. The third kappa shape index (κ3) is 61.6. The normalized spacial score (nSPS) is 12.8. The maximum Gasteiger partial charge on any atom is 0.220 e. The minimum Gasteiger partial charge on any atom is -0.394 e. The van der Waals surface area contributed by atoms with Crippen molar-refractivity contribution in [2.24, 2.45) is 0 Å². The van der Waals surface area contributed by atoms with Crippen molar-refractivity contribution in [2.45, 2.75) is 405 Å². The Hall–Kier alpha value is -1.13. The molecule has 434 valence electrons. The zero-order valence-corrected chi connectivity index (χ0v) is 50.2. The summed E-state index contributed by atoms with van der Waals surface area (Å²) in [4.78, 5) is 12.5. The molecule has 0 rings (SSSR count). The molecular formula is C69H135NO3. The Morgan fingerprint density at radius 2 is 0.562 bits per heavy atom. The number of aliphatic hydroxyl groups excluding tert-OH is 2. The molecule has 0 bridgehead atoms. The quantitative estimate of drug-likeness (QED) is 0.0420. The Morgan fingerprint density at radius 3 is 0.822 bits per heavy atom. The van der Waals surface area contributed by atoms with Crippen LogP contribution >= 0.6 is 0 Å². The Balaban J connectivity index is 3.37. The summed E-state index contributed by atoms with van der Waals surface area (Å²) in [6, 6.07) is -0.534. The zero-order chi connectivity index (χ0) is 52.7. The fourth-order valence-corrected chi connectivity index (χ4v) is 11.0. The maximum atomic E-state index is 12.5. The van der Waals surface area contributed by atoms with Gasteiger partial charge in [0, 0.05) is 6.42 Å². The highest BCUT2D eigenvalue weighted by Gasteiger charge is 2.20. The molecule has 0 spiro atoms. The van der Waals surface area contributed by atoms with E-state index in [-0.39, 0.29) is 12.5 Å². The van der Waals surface area contributed by atoms with Crippen molar-refractivity contribution in [1.29, 1.82) is 0 Å². The average molecular weight is 1030 g/mol. The van der Waals surface area contributed by atoms with E-state index in [0.717, 1.165) is 32.1 Å². The molecule has 0 aromatic heterocycles. The van der Waals surface area contributed by atoms with Crippen LogP contribution in [-0.2, 0) is 4.79 Å². The van der Waals surface area contributed by atoms with Gasteiger partial charge in [-0.05, 0) is 44.9 Å². The first-order chi connectivity index (χ1) is 36.2. The number of amides is 1. The molecule has 73 heavy (non-hydrogen) atoms. The van der Waals surface area contributed by atoms with Gasteiger partial charge < -0.3 is 15.5 Å². The van der Waals surface area contributed by atoms with Crippen LogP contribution in [-0.4, -0.2) is 34.9 Å². The van der Waals surface area contributed by atoms with Crippen LogP contribution in [0.2, 0.25) is 0 Å². The maximum absolute atomic E-state index is 12.5. The molecule has 0 aliphatic heterocycles. The number of hydrogen-bond donors (Lipinski definition) is 3. The summed E-state index contributed by atoms with van der Waals surface area (Å²) in [6.07, 6.45) is 88.0. The van der Waals surface area contributed by atoms with Gasteiger partial charge in [0.25, 0.3) is 0 Å². The molecule has 2 atom stereocenters. The number of nitrogens with one attached hydrogen (secondary N) is 1. The van der Waals surface area contributed by atoms with Gasteiger partial charge in [0.05, 0.1) is 18.8 Å². The first-order valence-corrected chi connectivity index (χ1v) is 34.0. The molecule has 4 heteroatoms. The van der Waals surface area contributed by atoms with E-state index >= 15 is 0 Å². The third-order valence-corrected chi connectivity index (χ3v) is 16.2. The number of aliphatic hydroxyl groups is 2. The molecule has 0 saturated carbocycles. The fourth-order valence-electron chi connectivity index (χ4n) is 11.0. The number of allylic oxidation sites excluding steroid dienone is 4. The van der Waals surface area contributed by atoms with Crippen molar-refractivity contribution in [3.8, 4) is 0 Å². The predicted molar refractivity (Wildman–Crippen MR) is 327 cm³/mol. The SMILES string of the molecule is CCCCCCC/C=C\C/C=C\CCCCCCCCCCCCCCCCCCCCCCCCCCCC(=O)NC(CO)C(O)CCCCCCCCCCCCCCCCCCCCCCCCCC. The van der Waals surface area contributed by atoms with Gasteiger partial charge in [0.2, 0.25) is 5.91 Å². The van der Waals surface area contributed by atoms with Crippen LogP contribution in [0.25, 0.3) is 0 Å². The summed E-state index contributed by atoms with van der Waals surface area (Å²) in [5, 5.41) is 23.4. The van der Waals surface area contributed by atoms with Gasteiger partial charge in [0.1, 0.15) is 0 Å². The number of carbonyl (C=O) groups excluding carboxylic acids is 1. The lowest BCUT2D eigenvalue weighted by Gasteiger charge is -2.22. The lowest BCUT2D eigenvalue weighted by atomic mass is 10.0. The van der Waals surface area contributed by atoms with Gasteiger partial charge >= 0.3 is 0 Å². The number of hydrogen-bond acceptors (Lipinski definition) is 3. The topological polar surface area (TPSA) is 69.6 Å². The second kappa shape index (κ2) is 65.2. The third-order valence-electron chi connectivity index (χ3n) is 16.2. The summed E-state index contributed by atoms with van der Waals surface area (Å²) in [6.45, 7) is 4.40. The molecular weight excluding hydrogens is 891 g/mol. The minimum absolute atomic E-state index is 0.0215. The summed E-state index contributed by atoms with van der Waals surface area (Å²) >= 11 is 0. The van der Waals surface area contributed by atoms with Gasteiger partial charge in [-0.3, -0.25) is 4.79 Å². The lowest BCUT2D eigenvalue weighted by molar-refractivity contribution is -0.123. The predicted octanol–water partition coefficient (Wildman–Crippen LogP) is 23.0. The summed E-state index contributed by atoms with van der Waals surface area (Å²) in [5.41, 5.74) is 0. The van der Waals surface area contributed by atoms with Crippen LogP contribution < -0.4 is 5.32 Å². The molecule has 0 aromatic carbocycles. The van der Waals surface area contributed by atoms with E-state index < -0.39 is 12.1 Å². The Morgan fingerprint density at radius 1 is 0.329 bits per heavy atom. The minimum atomic E-state index is -0.658. The van der Waals surface area contributed by atoms with Crippen LogP contribution in [0.1, 0.15) is 393 Å². The van der Waals surface area contributed by atoms with Crippen LogP contribution in [0.15, 0.2) is 24.3 Å². The van der Waals surface area contributed by atoms with E-state index in [4.69, 9.17) is 0 Å². The first-order valence-electron chi connectivity index (χ1n) is 34.0. The standard InChI is InChI=1S/C69H135NO3/c1-3-5-7-9-11-13-15-17-19-21-23-25-27-29-30-31-32-33-34-35-36-37-38-39-40-41-43-45-47-49-51-53-55-57-59-61-63-65-69(73)70-67(66-71)68(72)64-62-60-58-56-54-52-50-48-46-44-42-28-26-24-22-20-18-16-14-12-10-8-6-4-2/h15,17,21,23,67-68,71-72H,3-14,16,18-20,22,24-66H2,1-2H3,(H,70,73)/b17-15-,23-21-. The zero-order valence-electron chi connectivity index (χ0n) is 50.2. The van der Waals surface area contributed by atoms with E-state index in [1.54, 1.807) is 0 Å². The van der Waals surface area contributed by atoms with E-state index in [0.29, 0.717) is 12.8 Å². The number of rotatable bonds is 64. The van der Waals surface area contributed by atoms with Crippen molar-refractivity contribution < 1.29 is 15.0 Å². The van der Waals surface area contributed by atoms with Crippen LogP contribution in [0, 0.1) is 0 Å². The first kappa shape index (κ1) is 71.9. The van der Waals surface area contributed by atoms with Gasteiger partial charge in [-0.15, -0.1) is 0 Å². The highest BCUT2D eigenvalue weighted by Crippen LogP contribution is 2.19. The fraction of sp³-hybridized carbons (Fsp3) is 0.928. The monoisotopic (exact) mass is 1030 g/mol. The molecule has 3 N–H and O–H groups in total. The number of unbranched alkanes of at least 4 members (excludes halogenated alkanes) is 53. The van der Waals surface area contributed by atoms with Crippen molar-refractivity contribution >= 4 is 5.91 Å². The molecule has 2 unspecified atom stereocenters. The van der Waals surface area contributed by atoms with E-state index in [9.17, 15) is 15.0 Å². The van der Waals surface area contributed by atoms with E-state index in [2.05, 4.69) is 43.5 Å². The summed E-state index contributed by atoms with van der Waals surface area (Å²) < 4.78 is 0. The molecule has 0 heterocycles. The Labute approximate surface area is 459 Å². The molecule has 0 saturated heterocycles. The van der Waals surface area contributed by atoms with Crippen molar-refractivity contribution in [3.05, 3.63) is 24.3 Å². The highest BCUT2D eigenvalue weighted by molar-refractivity contribution is 5.76. The van der Waals surface area contributed by atoms with Gasteiger partial charge in [-0.1, -0.05) is 366 Å².